The molecule has 138 valence electrons. The van der Waals surface area contributed by atoms with Crippen molar-refractivity contribution in [2.24, 2.45) is 0 Å². The van der Waals surface area contributed by atoms with E-state index in [0.29, 0.717) is 22.3 Å². The number of fused-ring (bicyclic) bond motifs is 3. The van der Waals surface area contributed by atoms with Crippen LogP contribution in [0.4, 0.5) is 10.8 Å². The minimum atomic E-state index is -1.43. The Labute approximate surface area is 159 Å². The van der Waals surface area contributed by atoms with Crippen LogP contribution in [-0.2, 0) is 9.59 Å². The predicted molar refractivity (Wildman–Crippen MR) is 98.5 cm³/mol. The first kappa shape index (κ1) is 16.4. The highest BCUT2D eigenvalue weighted by atomic mass is 32.1. The largest absolute Gasteiger partial charge is 0.321 e. The minimum Gasteiger partial charge on any atom is -0.321 e. The van der Waals surface area contributed by atoms with Gasteiger partial charge in [0.15, 0.2) is 0 Å². The van der Waals surface area contributed by atoms with Crippen LogP contribution in [0.3, 0.4) is 0 Å². The molecule has 2 N–H and O–H groups in total. The zero-order valence-electron chi connectivity index (χ0n) is 14.4. The lowest BCUT2D eigenvalue weighted by atomic mass is 9.86. The fourth-order valence-corrected chi connectivity index (χ4v) is 4.78. The molecule has 3 aliphatic rings. The Morgan fingerprint density at radius 3 is 2.85 bits per heavy atom. The van der Waals surface area contributed by atoms with Crippen LogP contribution in [0.2, 0.25) is 0 Å². The first-order chi connectivity index (χ1) is 13.1. The summed E-state index contributed by atoms with van der Waals surface area (Å²) in [7, 11) is 0. The highest BCUT2D eigenvalue weighted by molar-refractivity contribution is 7.15. The lowest BCUT2D eigenvalue weighted by Gasteiger charge is -2.41. The van der Waals surface area contributed by atoms with Crippen LogP contribution in [0.1, 0.15) is 53.4 Å². The van der Waals surface area contributed by atoms with Crippen molar-refractivity contribution in [3.63, 3.8) is 0 Å². The highest BCUT2D eigenvalue weighted by Gasteiger charge is 2.56. The van der Waals surface area contributed by atoms with Crippen molar-refractivity contribution in [1.29, 1.82) is 0 Å². The minimum absolute atomic E-state index is 0.186. The molecule has 0 spiro atoms. The van der Waals surface area contributed by atoms with Gasteiger partial charge >= 0.3 is 0 Å². The van der Waals surface area contributed by atoms with E-state index in [0.717, 1.165) is 17.8 Å². The van der Waals surface area contributed by atoms with E-state index in [1.165, 1.54) is 22.7 Å². The smallest absolute Gasteiger partial charge is 0.273 e. The van der Waals surface area contributed by atoms with Gasteiger partial charge in [0.1, 0.15) is 5.01 Å². The molecule has 0 radical (unpaired) electrons. The lowest BCUT2D eigenvalue weighted by molar-refractivity contribution is -0.124. The van der Waals surface area contributed by atoms with Crippen molar-refractivity contribution in [3.8, 4) is 0 Å². The summed E-state index contributed by atoms with van der Waals surface area (Å²) in [4.78, 5) is 39.7. The summed E-state index contributed by atoms with van der Waals surface area (Å²) < 4.78 is 0. The molecule has 1 saturated carbocycles. The number of carbonyl (C=O) groups excluding carboxylic acids is 3. The number of aromatic nitrogens is 2. The van der Waals surface area contributed by atoms with Gasteiger partial charge in [0.05, 0.1) is 11.3 Å². The van der Waals surface area contributed by atoms with E-state index < -0.39 is 11.6 Å². The van der Waals surface area contributed by atoms with E-state index in [-0.39, 0.29) is 24.7 Å². The van der Waals surface area contributed by atoms with Gasteiger partial charge in [-0.3, -0.25) is 24.6 Å². The summed E-state index contributed by atoms with van der Waals surface area (Å²) in [5.41, 5.74) is -0.573. The van der Waals surface area contributed by atoms with Crippen molar-refractivity contribution in [2.45, 2.75) is 43.7 Å². The summed E-state index contributed by atoms with van der Waals surface area (Å²) in [6.07, 6.45) is 3.79. The number of para-hydroxylation sites is 1. The molecule has 0 unspecified atom stereocenters. The third kappa shape index (κ3) is 2.38. The first-order valence-corrected chi connectivity index (χ1v) is 9.79. The van der Waals surface area contributed by atoms with Gasteiger partial charge in [-0.25, -0.2) is 0 Å². The number of nitrogens with one attached hydrogen (secondary N) is 2. The van der Waals surface area contributed by atoms with Crippen LogP contribution in [0.15, 0.2) is 24.3 Å². The second-order valence-electron chi connectivity index (χ2n) is 7.09. The van der Waals surface area contributed by atoms with E-state index >= 15 is 0 Å². The number of rotatable bonds is 3. The second-order valence-corrected chi connectivity index (χ2v) is 8.10. The quantitative estimate of drug-likeness (QED) is 0.844. The molecule has 8 nitrogen and oxygen atoms in total. The van der Waals surface area contributed by atoms with E-state index in [9.17, 15) is 14.4 Å². The maximum Gasteiger partial charge on any atom is 0.273 e. The molecule has 27 heavy (non-hydrogen) atoms. The fourth-order valence-electron chi connectivity index (χ4n) is 3.88. The fraction of sp³-hybridized carbons (Fsp3) is 0.389. The van der Waals surface area contributed by atoms with Crippen LogP contribution in [0.5, 0.6) is 0 Å². The Morgan fingerprint density at radius 1 is 1.26 bits per heavy atom. The van der Waals surface area contributed by atoms with Gasteiger partial charge in [-0.05, 0) is 25.0 Å². The van der Waals surface area contributed by atoms with Gasteiger partial charge in [0, 0.05) is 18.8 Å². The Bertz CT molecular complexity index is 969. The van der Waals surface area contributed by atoms with Crippen molar-refractivity contribution >= 4 is 39.9 Å². The second kappa shape index (κ2) is 5.85. The molecular weight excluding hydrogens is 366 g/mol. The number of amides is 3. The molecule has 2 aliphatic heterocycles. The molecule has 5 rings (SSSR count). The molecule has 9 heteroatoms. The van der Waals surface area contributed by atoms with Gasteiger partial charge in [0.25, 0.3) is 11.8 Å². The van der Waals surface area contributed by atoms with Crippen LogP contribution < -0.4 is 15.5 Å². The molecule has 1 aliphatic carbocycles. The third-order valence-corrected chi connectivity index (χ3v) is 6.53. The average molecular weight is 383 g/mol. The van der Waals surface area contributed by atoms with Crippen molar-refractivity contribution in [1.82, 2.24) is 15.5 Å². The van der Waals surface area contributed by atoms with E-state index in [4.69, 9.17) is 0 Å². The lowest BCUT2D eigenvalue weighted by Crippen LogP contribution is -2.68. The van der Waals surface area contributed by atoms with Crippen molar-refractivity contribution in [2.75, 3.05) is 10.2 Å². The van der Waals surface area contributed by atoms with Gasteiger partial charge in [0.2, 0.25) is 16.7 Å². The SMILES string of the molecule is O=C1N[C@]2(C(=O)Nc3nnc(C4CCC4)s3)CCC(=O)N2c2ccccc21. The summed E-state index contributed by atoms with van der Waals surface area (Å²) in [6.45, 7) is 0. The van der Waals surface area contributed by atoms with Gasteiger partial charge in [-0.2, -0.15) is 0 Å². The zero-order valence-corrected chi connectivity index (χ0v) is 15.2. The first-order valence-electron chi connectivity index (χ1n) is 8.98. The molecule has 3 heterocycles. The molecule has 3 amide bonds. The maximum atomic E-state index is 13.2. The summed E-state index contributed by atoms with van der Waals surface area (Å²) in [5.74, 6) is -0.589. The molecule has 1 aromatic carbocycles. The maximum absolute atomic E-state index is 13.2. The Morgan fingerprint density at radius 2 is 2.07 bits per heavy atom. The third-order valence-electron chi connectivity index (χ3n) is 5.53. The average Bonchev–Trinajstić information content (AvgIpc) is 3.19. The number of hydrogen-bond acceptors (Lipinski definition) is 6. The predicted octanol–water partition coefficient (Wildman–Crippen LogP) is 2.01. The monoisotopic (exact) mass is 383 g/mol. The van der Waals surface area contributed by atoms with Crippen LogP contribution >= 0.6 is 11.3 Å². The molecule has 2 fully saturated rings. The van der Waals surface area contributed by atoms with E-state index in [1.54, 1.807) is 24.3 Å². The summed E-state index contributed by atoms with van der Waals surface area (Å²) in [6, 6.07) is 6.82. The van der Waals surface area contributed by atoms with Crippen molar-refractivity contribution in [3.05, 3.63) is 34.8 Å². The van der Waals surface area contributed by atoms with E-state index in [1.807, 2.05) is 0 Å². The Hall–Kier alpha value is -2.81. The topological polar surface area (TPSA) is 104 Å². The molecule has 1 atom stereocenters. The Kier molecular flexibility index (Phi) is 3.55. The van der Waals surface area contributed by atoms with Crippen LogP contribution in [-0.4, -0.2) is 33.6 Å². The number of carbonyl (C=O) groups is 3. The zero-order chi connectivity index (χ0) is 18.6. The van der Waals surface area contributed by atoms with Crippen LogP contribution in [0, 0.1) is 0 Å². The number of benzene rings is 1. The Balaban J connectivity index is 1.47. The number of anilines is 2. The molecule has 1 saturated heterocycles. The summed E-state index contributed by atoms with van der Waals surface area (Å²) in [5, 5.41) is 15.1. The van der Waals surface area contributed by atoms with Gasteiger partial charge in [-0.1, -0.05) is 29.9 Å². The molecule has 0 bridgehead atoms. The standard InChI is InChI=1S/C18H17N5O3S/c24-13-8-9-18(20-14(25)11-6-1-2-7-12(11)23(13)18)16(26)19-17-22-21-15(27-17)10-4-3-5-10/h1-2,6-7,10H,3-5,8-9H2,(H,20,25)(H,19,22,26)/t18-/m1/s1. The van der Waals surface area contributed by atoms with Gasteiger partial charge < -0.3 is 5.32 Å². The summed E-state index contributed by atoms with van der Waals surface area (Å²) >= 11 is 1.36. The number of nitrogens with zero attached hydrogens (tertiary/aromatic N) is 3. The normalized spacial score (nSPS) is 24.1. The number of hydrogen-bond donors (Lipinski definition) is 2. The van der Waals surface area contributed by atoms with Gasteiger partial charge in [-0.15, -0.1) is 10.2 Å². The molecule has 1 aromatic heterocycles. The molecule has 2 aromatic rings. The highest BCUT2D eigenvalue weighted by Crippen LogP contribution is 2.41. The van der Waals surface area contributed by atoms with E-state index in [2.05, 4.69) is 20.8 Å². The molecular formula is C18H17N5O3S. The van der Waals surface area contributed by atoms with Crippen LogP contribution in [0.25, 0.3) is 0 Å². The van der Waals surface area contributed by atoms with Crippen molar-refractivity contribution < 1.29 is 14.4 Å².